The summed E-state index contributed by atoms with van der Waals surface area (Å²) in [4.78, 5) is 13.6. The van der Waals surface area contributed by atoms with Gasteiger partial charge in [-0.3, -0.25) is 4.79 Å². The molecule has 0 aliphatic carbocycles. The Kier molecular flexibility index (Phi) is 4.54. The Hall–Kier alpha value is -1.85. The predicted octanol–water partition coefficient (Wildman–Crippen LogP) is 1.14. The maximum atomic E-state index is 10.4. The van der Waals surface area contributed by atoms with Gasteiger partial charge in [0, 0.05) is 23.6 Å². The number of nitrogens with one attached hydrogen (secondary N) is 2. The van der Waals surface area contributed by atoms with Crippen LogP contribution in [0.1, 0.15) is 12.0 Å². The van der Waals surface area contributed by atoms with Crippen molar-refractivity contribution >= 4 is 16.9 Å². The van der Waals surface area contributed by atoms with Gasteiger partial charge in [-0.15, -0.1) is 0 Å². The van der Waals surface area contributed by atoms with Crippen LogP contribution >= 0.6 is 0 Å². The van der Waals surface area contributed by atoms with Crippen LogP contribution in [-0.2, 0) is 11.2 Å². The Balaban J connectivity index is 1.78. The average molecular weight is 262 g/mol. The van der Waals surface area contributed by atoms with Gasteiger partial charge in [-0.2, -0.15) is 0 Å². The molecule has 1 aromatic carbocycles. The van der Waals surface area contributed by atoms with Crippen molar-refractivity contribution in [2.45, 2.75) is 18.9 Å². The number of para-hydroxylation sites is 1. The molecule has 0 saturated heterocycles. The quantitative estimate of drug-likeness (QED) is 0.564. The predicted molar refractivity (Wildman–Crippen MR) is 73.1 cm³/mol. The van der Waals surface area contributed by atoms with Crippen LogP contribution in [0.2, 0.25) is 0 Å². The van der Waals surface area contributed by atoms with Crippen LogP contribution in [0.4, 0.5) is 0 Å². The first-order valence-corrected chi connectivity index (χ1v) is 6.32. The zero-order valence-corrected chi connectivity index (χ0v) is 10.6. The fourth-order valence-electron chi connectivity index (χ4n) is 2.10. The minimum absolute atomic E-state index is 0.222. The fraction of sp³-hybridized carbons (Fsp3) is 0.357. The lowest BCUT2D eigenvalue weighted by Crippen LogP contribution is -2.30. The number of benzene rings is 1. The number of rotatable bonds is 7. The third kappa shape index (κ3) is 3.81. The molecule has 19 heavy (non-hydrogen) atoms. The highest BCUT2D eigenvalue weighted by Crippen LogP contribution is 2.17. The van der Waals surface area contributed by atoms with Crippen LogP contribution in [-0.4, -0.2) is 40.4 Å². The van der Waals surface area contributed by atoms with Gasteiger partial charge in [-0.05, 0) is 24.6 Å². The van der Waals surface area contributed by atoms with E-state index in [4.69, 9.17) is 5.11 Å². The van der Waals surface area contributed by atoms with Crippen molar-refractivity contribution in [1.82, 2.24) is 10.3 Å². The summed E-state index contributed by atoms with van der Waals surface area (Å²) in [5.74, 6) is -0.981. The molecule has 1 atom stereocenters. The number of aromatic nitrogens is 1. The Morgan fingerprint density at radius 3 is 2.95 bits per heavy atom. The Morgan fingerprint density at radius 2 is 2.16 bits per heavy atom. The van der Waals surface area contributed by atoms with Crippen LogP contribution in [0.5, 0.6) is 0 Å². The molecule has 0 aliphatic rings. The van der Waals surface area contributed by atoms with Gasteiger partial charge in [0.25, 0.3) is 0 Å². The van der Waals surface area contributed by atoms with E-state index in [9.17, 15) is 9.90 Å². The fourth-order valence-corrected chi connectivity index (χ4v) is 2.10. The highest BCUT2D eigenvalue weighted by Gasteiger charge is 2.08. The summed E-state index contributed by atoms with van der Waals surface area (Å²) in [6, 6.07) is 8.09. The highest BCUT2D eigenvalue weighted by molar-refractivity contribution is 5.83. The molecule has 1 aromatic heterocycles. The molecule has 0 amide bonds. The van der Waals surface area contributed by atoms with Crippen molar-refractivity contribution < 1.29 is 15.0 Å². The van der Waals surface area contributed by atoms with Gasteiger partial charge in [-0.25, -0.2) is 0 Å². The molecular formula is C14H18N2O3. The Bertz CT molecular complexity index is 550. The van der Waals surface area contributed by atoms with E-state index in [1.54, 1.807) is 0 Å². The van der Waals surface area contributed by atoms with E-state index < -0.39 is 12.1 Å². The third-order valence-electron chi connectivity index (χ3n) is 3.04. The Morgan fingerprint density at radius 1 is 1.37 bits per heavy atom. The van der Waals surface area contributed by atoms with Crippen molar-refractivity contribution in [3.63, 3.8) is 0 Å². The molecule has 0 saturated carbocycles. The van der Waals surface area contributed by atoms with Crippen molar-refractivity contribution in [2.75, 3.05) is 13.1 Å². The minimum Gasteiger partial charge on any atom is -0.481 e. The lowest BCUT2D eigenvalue weighted by molar-refractivity contribution is -0.139. The summed E-state index contributed by atoms with van der Waals surface area (Å²) in [6.07, 6.45) is 1.77. The molecule has 1 heterocycles. The summed E-state index contributed by atoms with van der Waals surface area (Å²) >= 11 is 0. The highest BCUT2D eigenvalue weighted by atomic mass is 16.4. The maximum Gasteiger partial charge on any atom is 0.306 e. The first-order chi connectivity index (χ1) is 9.16. The molecule has 5 heteroatoms. The van der Waals surface area contributed by atoms with E-state index in [1.807, 2.05) is 24.4 Å². The second-order valence-electron chi connectivity index (χ2n) is 4.57. The second-order valence-corrected chi connectivity index (χ2v) is 4.57. The topological polar surface area (TPSA) is 85.3 Å². The number of hydrogen-bond acceptors (Lipinski definition) is 3. The molecule has 4 N–H and O–H groups in total. The number of carboxylic acid groups (broad SMARTS) is 1. The summed E-state index contributed by atoms with van der Waals surface area (Å²) < 4.78 is 0. The molecule has 0 bridgehead atoms. The first-order valence-electron chi connectivity index (χ1n) is 6.32. The van der Waals surface area contributed by atoms with Gasteiger partial charge in [0.1, 0.15) is 0 Å². The molecule has 0 spiro atoms. The lowest BCUT2D eigenvalue weighted by atomic mass is 10.1. The number of carboxylic acids is 1. The van der Waals surface area contributed by atoms with Crippen LogP contribution in [0, 0.1) is 0 Å². The largest absolute Gasteiger partial charge is 0.481 e. The zero-order valence-electron chi connectivity index (χ0n) is 10.6. The van der Waals surface area contributed by atoms with Gasteiger partial charge < -0.3 is 20.5 Å². The molecule has 2 aromatic rings. The molecule has 0 radical (unpaired) electrons. The van der Waals surface area contributed by atoms with E-state index in [1.165, 1.54) is 10.9 Å². The maximum absolute atomic E-state index is 10.4. The molecule has 0 aliphatic heterocycles. The lowest BCUT2D eigenvalue weighted by Gasteiger charge is -2.09. The van der Waals surface area contributed by atoms with E-state index in [0.29, 0.717) is 13.1 Å². The van der Waals surface area contributed by atoms with E-state index >= 15 is 0 Å². The molecular weight excluding hydrogens is 244 g/mol. The van der Waals surface area contributed by atoms with Gasteiger partial charge in [0.2, 0.25) is 0 Å². The number of aliphatic carboxylic acids is 1. The monoisotopic (exact) mass is 262 g/mol. The third-order valence-corrected chi connectivity index (χ3v) is 3.04. The number of carbonyl (C=O) groups is 1. The number of hydrogen-bond donors (Lipinski definition) is 4. The standard InChI is InChI=1S/C14H18N2O3/c17-11(7-14(18)19)9-15-6-5-10-8-16-13-4-2-1-3-12(10)13/h1-4,8,11,15-17H,5-7,9H2,(H,18,19). The summed E-state index contributed by atoms with van der Waals surface area (Å²) in [6.45, 7) is 1.01. The number of H-pyrrole nitrogens is 1. The smallest absolute Gasteiger partial charge is 0.306 e. The molecule has 0 fully saturated rings. The van der Waals surface area contributed by atoms with E-state index in [-0.39, 0.29) is 6.42 Å². The van der Waals surface area contributed by atoms with Gasteiger partial charge >= 0.3 is 5.97 Å². The van der Waals surface area contributed by atoms with Gasteiger partial charge in [-0.1, -0.05) is 18.2 Å². The van der Waals surface area contributed by atoms with Crippen LogP contribution in [0.3, 0.4) is 0 Å². The number of fused-ring (bicyclic) bond motifs is 1. The van der Waals surface area contributed by atoms with Crippen molar-refractivity contribution in [2.24, 2.45) is 0 Å². The SMILES string of the molecule is O=C(O)CC(O)CNCCc1c[nH]c2ccccc12. The Labute approximate surface area is 111 Å². The summed E-state index contributed by atoms with van der Waals surface area (Å²) in [7, 11) is 0. The normalized spacial score (nSPS) is 12.7. The number of aliphatic hydroxyl groups excluding tert-OH is 1. The van der Waals surface area contributed by atoms with Crippen molar-refractivity contribution in [3.05, 3.63) is 36.0 Å². The van der Waals surface area contributed by atoms with E-state index in [0.717, 1.165) is 11.9 Å². The average Bonchev–Trinajstić information content (AvgIpc) is 2.77. The molecule has 2 rings (SSSR count). The molecule has 5 nitrogen and oxygen atoms in total. The summed E-state index contributed by atoms with van der Waals surface area (Å²) in [5, 5.41) is 22.2. The van der Waals surface area contributed by atoms with Crippen LogP contribution < -0.4 is 5.32 Å². The van der Waals surface area contributed by atoms with Crippen LogP contribution in [0.15, 0.2) is 30.5 Å². The van der Waals surface area contributed by atoms with Gasteiger partial charge in [0.15, 0.2) is 0 Å². The molecule has 1 unspecified atom stereocenters. The van der Waals surface area contributed by atoms with Gasteiger partial charge in [0.05, 0.1) is 12.5 Å². The van der Waals surface area contributed by atoms with Crippen LogP contribution in [0.25, 0.3) is 10.9 Å². The molecule has 102 valence electrons. The second kappa shape index (κ2) is 6.36. The summed E-state index contributed by atoms with van der Waals surface area (Å²) in [5.41, 5.74) is 2.33. The number of aliphatic hydroxyl groups is 1. The van der Waals surface area contributed by atoms with Crippen molar-refractivity contribution in [3.8, 4) is 0 Å². The number of aromatic amines is 1. The minimum atomic E-state index is -0.981. The van der Waals surface area contributed by atoms with E-state index in [2.05, 4.69) is 16.4 Å². The van der Waals surface area contributed by atoms with Crippen molar-refractivity contribution in [1.29, 1.82) is 0 Å². The zero-order chi connectivity index (χ0) is 13.7. The first kappa shape index (κ1) is 13.6.